The fraction of sp³-hybridized carbons (Fsp3) is 0.364. The smallest absolute Gasteiger partial charge is 0.408 e. The number of allylic oxidation sites excluding steroid dienone is 3. The standard InChI is InChI=1S/C16H21F2NO4.C6H7NO/c1-10(7-11-5-6-12(17)8-13(11)18)22-14(20)9-19-15(21)23-16(2,3)4;1-3-5-6(4-2)7-8/h5-6,8,10H,7,9H2,1-4H3,(H,19,21);3-5H,1-2H2/b;6-5+. The number of carbonyl (C=O) groups excluding carboxylic acids is 2. The van der Waals surface area contributed by atoms with E-state index in [0.717, 1.165) is 12.1 Å². The van der Waals surface area contributed by atoms with Gasteiger partial charge < -0.3 is 14.8 Å². The summed E-state index contributed by atoms with van der Waals surface area (Å²) in [6.07, 6.45) is 3.09. The summed E-state index contributed by atoms with van der Waals surface area (Å²) in [5, 5.41) is 4.89. The number of carbonyl (C=O) groups is 2. The molecule has 1 amide bonds. The quantitative estimate of drug-likeness (QED) is 0.351. The van der Waals surface area contributed by atoms with Crippen molar-refractivity contribution < 1.29 is 27.8 Å². The Balaban J connectivity index is 0.000000954. The van der Waals surface area contributed by atoms with Gasteiger partial charge in [-0.1, -0.05) is 25.3 Å². The Kier molecular flexibility index (Phi) is 12.3. The summed E-state index contributed by atoms with van der Waals surface area (Å²) >= 11 is 0. The third kappa shape index (κ3) is 13.5. The van der Waals surface area contributed by atoms with Crippen LogP contribution < -0.4 is 5.32 Å². The Morgan fingerprint density at radius 2 is 1.90 bits per heavy atom. The highest BCUT2D eigenvalue weighted by atomic mass is 19.1. The molecular weight excluding hydrogens is 410 g/mol. The highest BCUT2D eigenvalue weighted by Crippen LogP contribution is 2.13. The van der Waals surface area contributed by atoms with Crippen LogP contribution in [0.15, 0.2) is 60.5 Å². The fourth-order valence-corrected chi connectivity index (χ4v) is 2.02. The molecule has 1 unspecified atom stereocenters. The second-order valence-corrected chi connectivity index (χ2v) is 7.22. The summed E-state index contributed by atoms with van der Waals surface area (Å²) in [5.41, 5.74) is -0.117. The molecule has 0 spiro atoms. The van der Waals surface area contributed by atoms with Gasteiger partial charge in [0.15, 0.2) is 0 Å². The number of nitrogens with one attached hydrogen (secondary N) is 1. The van der Waals surface area contributed by atoms with Gasteiger partial charge in [-0.15, -0.1) is 4.91 Å². The van der Waals surface area contributed by atoms with E-state index in [-0.39, 0.29) is 18.5 Å². The van der Waals surface area contributed by atoms with Crippen LogP contribution in [0.4, 0.5) is 13.6 Å². The van der Waals surface area contributed by atoms with Gasteiger partial charge in [0, 0.05) is 12.5 Å². The number of ether oxygens (including phenoxy) is 2. The lowest BCUT2D eigenvalue weighted by Gasteiger charge is -2.20. The molecule has 0 aliphatic heterocycles. The first kappa shape index (κ1) is 27.6. The van der Waals surface area contributed by atoms with E-state index in [1.54, 1.807) is 27.7 Å². The molecule has 0 aromatic heterocycles. The van der Waals surface area contributed by atoms with Gasteiger partial charge in [-0.2, -0.15) is 0 Å². The molecule has 1 aromatic rings. The van der Waals surface area contributed by atoms with Crippen LogP contribution in [-0.2, 0) is 20.7 Å². The SMILES string of the molecule is C=C/C=C(\C=C)N=O.CC(Cc1ccc(F)cc1F)OC(=O)CNC(=O)OC(C)(C)C. The number of benzene rings is 1. The topological polar surface area (TPSA) is 94.1 Å². The van der Waals surface area contributed by atoms with Gasteiger partial charge in [0.1, 0.15) is 35.6 Å². The van der Waals surface area contributed by atoms with E-state index in [1.807, 2.05) is 0 Å². The number of hydrogen-bond donors (Lipinski definition) is 1. The van der Waals surface area contributed by atoms with Crippen molar-refractivity contribution in [1.82, 2.24) is 5.32 Å². The van der Waals surface area contributed by atoms with Gasteiger partial charge in [0.25, 0.3) is 0 Å². The molecule has 1 aromatic carbocycles. The number of esters is 1. The predicted molar refractivity (Wildman–Crippen MR) is 114 cm³/mol. The number of nitrogens with zero attached hydrogens (tertiary/aromatic N) is 1. The Labute approximate surface area is 180 Å². The zero-order valence-corrected chi connectivity index (χ0v) is 18.1. The summed E-state index contributed by atoms with van der Waals surface area (Å²) in [6.45, 7) is 13.0. The lowest BCUT2D eigenvalue weighted by molar-refractivity contribution is -0.147. The second kappa shape index (κ2) is 13.8. The molecule has 0 aliphatic carbocycles. The minimum Gasteiger partial charge on any atom is -0.461 e. The first-order chi connectivity index (χ1) is 14.4. The van der Waals surface area contributed by atoms with Crippen LogP contribution >= 0.6 is 0 Å². The third-order valence-electron chi connectivity index (χ3n) is 3.23. The van der Waals surface area contributed by atoms with Crippen molar-refractivity contribution >= 4 is 12.1 Å². The number of nitroso groups, excluding NO2 is 1. The molecule has 0 saturated carbocycles. The van der Waals surface area contributed by atoms with Crippen molar-refractivity contribution in [2.45, 2.75) is 45.8 Å². The van der Waals surface area contributed by atoms with Gasteiger partial charge >= 0.3 is 12.1 Å². The van der Waals surface area contributed by atoms with Crippen LogP contribution in [0.3, 0.4) is 0 Å². The molecule has 1 atom stereocenters. The van der Waals surface area contributed by atoms with E-state index in [0.29, 0.717) is 5.70 Å². The molecule has 1 N–H and O–H groups in total. The summed E-state index contributed by atoms with van der Waals surface area (Å²) in [4.78, 5) is 32.7. The molecule has 7 nitrogen and oxygen atoms in total. The van der Waals surface area contributed by atoms with Gasteiger partial charge in [-0.3, -0.25) is 4.79 Å². The Hall–Kier alpha value is -3.36. The van der Waals surface area contributed by atoms with Crippen molar-refractivity contribution in [2.24, 2.45) is 5.18 Å². The lowest BCUT2D eigenvalue weighted by Crippen LogP contribution is -2.36. The summed E-state index contributed by atoms with van der Waals surface area (Å²) < 4.78 is 36.3. The van der Waals surface area contributed by atoms with Crippen LogP contribution in [0.5, 0.6) is 0 Å². The molecule has 0 fully saturated rings. The normalized spacial score (nSPS) is 11.9. The van der Waals surface area contributed by atoms with Crippen LogP contribution in [0.1, 0.15) is 33.3 Å². The second-order valence-electron chi connectivity index (χ2n) is 7.22. The number of hydrogen-bond acceptors (Lipinski definition) is 6. The fourth-order valence-electron chi connectivity index (χ4n) is 2.02. The van der Waals surface area contributed by atoms with Crippen LogP contribution in [-0.4, -0.2) is 30.3 Å². The van der Waals surface area contributed by atoms with Crippen molar-refractivity contribution in [2.75, 3.05) is 6.54 Å². The third-order valence-corrected chi connectivity index (χ3v) is 3.23. The molecule has 170 valence electrons. The molecule has 31 heavy (non-hydrogen) atoms. The zero-order valence-electron chi connectivity index (χ0n) is 18.1. The molecule has 0 bridgehead atoms. The molecule has 0 radical (unpaired) electrons. The number of alkyl carbamates (subject to hydrolysis) is 1. The Morgan fingerprint density at radius 3 is 2.35 bits per heavy atom. The van der Waals surface area contributed by atoms with Gasteiger partial charge in [-0.25, -0.2) is 13.6 Å². The zero-order chi connectivity index (χ0) is 24.0. The molecule has 0 aliphatic rings. The maximum absolute atomic E-state index is 13.5. The molecule has 1 rings (SSSR count). The lowest BCUT2D eigenvalue weighted by atomic mass is 10.1. The molecular formula is C22H28F2N2O5. The number of halogens is 2. The molecule has 0 saturated heterocycles. The van der Waals surface area contributed by atoms with Crippen molar-refractivity contribution in [3.8, 4) is 0 Å². The van der Waals surface area contributed by atoms with Gasteiger partial charge in [0.2, 0.25) is 0 Å². The number of rotatable bonds is 8. The van der Waals surface area contributed by atoms with Gasteiger partial charge in [0.05, 0.1) is 0 Å². The van der Waals surface area contributed by atoms with Gasteiger partial charge in [-0.05, 0) is 56.7 Å². The molecule has 9 heteroatoms. The minimum atomic E-state index is -0.730. The Bertz CT molecular complexity index is 807. The van der Waals surface area contributed by atoms with Crippen molar-refractivity contribution in [1.29, 1.82) is 0 Å². The highest BCUT2D eigenvalue weighted by molar-refractivity contribution is 5.78. The maximum Gasteiger partial charge on any atom is 0.408 e. The van der Waals surface area contributed by atoms with Crippen LogP contribution in [0.25, 0.3) is 0 Å². The Morgan fingerprint density at radius 1 is 1.26 bits per heavy atom. The van der Waals surface area contributed by atoms with E-state index < -0.39 is 35.4 Å². The first-order valence-electron chi connectivity index (χ1n) is 9.30. The number of amides is 1. The van der Waals surface area contributed by atoms with E-state index in [2.05, 4.69) is 23.7 Å². The summed E-state index contributed by atoms with van der Waals surface area (Å²) in [5.74, 6) is -2.04. The van der Waals surface area contributed by atoms with E-state index in [4.69, 9.17) is 9.47 Å². The van der Waals surface area contributed by atoms with E-state index >= 15 is 0 Å². The maximum atomic E-state index is 13.5. The van der Waals surface area contributed by atoms with Crippen molar-refractivity contribution in [3.63, 3.8) is 0 Å². The van der Waals surface area contributed by atoms with Crippen LogP contribution in [0, 0.1) is 16.5 Å². The first-order valence-corrected chi connectivity index (χ1v) is 9.30. The largest absolute Gasteiger partial charge is 0.461 e. The summed E-state index contributed by atoms with van der Waals surface area (Å²) in [6, 6.07) is 3.21. The average Bonchev–Trinajstić information content (AvgIpc) is 2.66. The minimum absolute atomic E-state index is 0.101. The van der Waals surface area contributed by atoms with Crippen LogP contribution in [0.2, 0.25) is 0 Å². The highest BCUT2D eigenvalue weighted by Gasteiger charge is 2.18. The predicted octanol–water partition coefficient (Wildman–Crippen LogP) is 4.97. The van der Waals surface area contributed by atoms with E-state index in [9.17, 15) is 23.3 Å². The summed E-state index contributed by atoms with van der Waals surface area (Å²) in [7, 11) is 0. The van der Waals surface area contributed by atoms with Crippen molar-refractivity contribution in [3.05, 3.63) is 77.4 Å². The molecule has 0 heterocycles. The average molecular weight is 438 g/mol. The van der Waals surface area contributed by atoms with E-state index in [1.165, 1.54) is 24.3 Å². The monoisotopic (exact) mass is 438 g/mol.